The molecule has 1 unspecified atom stereocenters. The number of halogens is 1. The first-order chi connectivity index (χ1) is 8.38. The molecule has 1 atom stereocenters. The normalized spacial score (nSPS) is 17.5. The SMILES string of the molecule is CS(=O)(=O)c1ccc(NCC(N)C2CC2)c(F)c1. The van der Waals surface area contributed by atoms with Crippen molar-refractivity contribution in [3.8, 4) is 0 Å². The van der Waals surface area contributed by atoms with Crippen LogP contribution in [0.1, 0.15) is 12.8 Å². The molecule has 18 heavy (non-hydrogen) atoms. The van der Waals surface area contributed by atoms with E-state index in [1.54, 1.807) is 0 Å². The Bertz CT molecular complexity index is 541. The zero-order valence-corrected chi connectivity index (χ0v) is 11.0. The van der Waals surface area contributed by atoms with Crippen molar-refractivity contribution in [2.24, 2.45) is 11.7 Å². The number of anilines is 1. The Morgan fingerprint density at radius 1 is 1.50 bits per heavy atom. The summed E-state index contributed by atoms with van der Waals surface area (Å²) in [5.74, 6) is -0.0308. The van der Waals surface area contributed by atoms with Gasteiger partial charge in [0, 0.05) is 18.8 Å². The Kier molecular flexibility index (Phi) is 3.59. The van der Waals surface area contributed by atoms with Crippen molar-refractivity contribution >= 4 is 15.5 Å². The first kappa shape index (κ1) is 13.3. The summed E-state index contributed by atoms with van der Waals surface area (Å²) in [6.07, 6.45) is 3.33. The van der Waals surface area contributed by atoms with Gasteiger partial charge in [0.15, 0.2) is 9.84 Å². The predicted octanol–water partition coefficient (Wildman–Crippen LogP) is 1.38. The molecule has 0 aliphatic heterocycles. The van der Waals surface area contributed by atoms with E-state index in [2.05, 4.69) is 5.32 Å². The average Bonchev–Trinajstić information content (AvgIpc) is 3.09. The lowest BCUT2D eigenvalue weighted by molar-refractivity contribution is 0.593. The maximum atomic E-state index is 13.7. The van der Waals surface area contributed by atoms with Crippen molar-refractivity contribution in [1.29, 1.82) is 0 Å². The summed E-state index contributed by atoms with van der Waals surface area (Å²) < 4.78 is 36.2. The number of benzene rings is 1. The summed E-state index contributed by atoms with van der Waals surface area (Å²) in [6, 6.07) is 3.88. The minimum Gasteiger partial charge on any atom is -0.381 e. The molecule has 0 radical (unpaired) electrons. The van der Waals surface area contributed by atoms with Crippen LogP contribution in [0.25, 0.3) is 0 Å². The molecule has 0 amide bonds. The van der Waals surface area contributed by atoms with Gasteiger partial charge < -0.3 is 11.1 Å². The zero-order valence-electron chi connectivity index (χ0n) is 10.2. The van der Waals surface area contributed by atoms with E-state index in [4.69, 9.17) is 5.73 Å². The number of hydrogen-bond donors (Lipinski definition) is 2. The van der Waals surface area contributed by atoms with Gasteiger partial charge in [0.05, 0.1) is 10.6 Å². The fourth-order valence-electron chi connectivity index (χ4n) is 1.79. The third-order valence-electron chi connectivity index (χ3n) is 3.12. The molecule has 0 spiro atoms. The molecule has 1 saturated carbocycles. The highest BCUT2D eigenvalue weighted by Gasteiger charge is 2.28. The molecular formula is C12H17FN2O2S. The molecule has 0 bridgehead atoms. The van der Waals surface area contributed by atoms with Gasteiger partial charge in [-0.15, -0.1) is 0 Å². The highest BCUT2D eigenvalue weighted by atomic mass is 32.2. The number of rotatable bonds is 5. The van der Waals surface area contributed by atoms with Crippen LogP contribution in [0.2, 0.25) is 0 Å². The molecule has 1 aliphatic carbocycles. The smallest absolute Gasteiger partial charge is 0.175 e. The fraction of sp³-hybridized carbons (Fsp3) is 0.500. The van der Waals surface area contributed by atoms with Gasteiger partial charge in [0.25, 0.3) is 0 Å². The van der Waals surface area contributed by atoms with Crippen molar-refractivity contribution < 1.29 is 12.8 Å². The van der Waals surface area contributed by atoms with E-state index in [9.17, 15) is 12.8 Å². The van der Waals surface area contributed by atoms with Crippen LogP contribution >= 0.6 is 0 Å². The van der Waals surface area contributed by atoms with E-state index in [1.807, 2.05) is 0 Å². The second-order valence-corrected chi connectivity index (χ2v) is 6.81. The third kappa shape index (κ3) is 3.20. The lowest BCUT2D eigenvalue weighted by Crippen LogP contribution is -2.31. The molecular weight excluding hydrogens is 255 g/mol. The molecule has 100 valence electrons. The van der Waals surface area contributed by atoms with Crippen LogP contribution in [0, 0.1) is 11.7 Å². The Balaban J connectivity index is 2.05. The first-order valence-corrected chi connectivity index (χ1v) is 7.76. The fourth-order valence-corrected chi connectivity index (χ4v) is 2.42. The van der Waals surface area contributed by atoms with E-state index in [0.717, 1.165) is 25.2 Å². The number of hydrogen-bond acceptors (Lipinski definition) is 4. The molecule has 1 aromatic carbocycles. The maximum Gasteiger partial charge on any atom is 0.175 e. The van der Waals surface area contributed by atoms with Gasteiger partial charge in [-0.25, -0.2) is 12.8 Å². The van der Waals surface area contributed by atoms with E-state index in [0.29, 0.717) is 18.2 Å². The van der Waals surface area contributed by atoms with E-state index in [1.165, 1.54) is 12.1 Å². The summed E-state index contributed by atoms with van der Waals surface area (Å²) in [5.41, 5.74) is 6.19. The predicted molar refractivity (Wildman–Crippen MR) is 68.7 cm³/mol. The molecule has 1 fully saturated rings. The second-order valence-electron chi connectivity index (χ2n) is 4.80. The van der Waals surface area contributed by atoms with Gasteiger partial charge in [0.2, 0.25) is 0 Å². The van der Waals surface area contributed by atoms with Crippen molar-refractivity contribution in [2.45, 2.75) is 23.8 Å². The first-order valence-electron chi connectivity index (χ1n) is 5.87. The van der Waals surface area contributed by atoms with Gasteiger partial charge in [-0.3, -0.25) is 0 Å². The summed E-state index contributed by atoms with van der Waals surface area (Å²) >= 11 is 0. The van der Waals surface area contributed by atoms with Gasteiger partial charge in [-0.2, -0.15) is 0 Å². The maximum absolute atomic E-state index is 13.7. The summed E-state index contributed by atoms with van der Waals surface area (Å²) in [4.78, 5) is -0.0166. The quantitative estimate of drug-likeness (QED) is 0.849. The molecule has 0 heterocycles. The summed E-state index contributed by atoms with van der Waals surface area (Å²) in [5, 5.41) is 2.92. The van der Waals surface area contributed by atoms with Crippen molar-refractivity contribution in [3.05, 3.63) is 24.0 Å². The van der Waals surface area contributed by atoms with Crippen molar-refractivity contribution in [1.82, 2.24) is 0 Å². The highest BCUT2D eigenvalue weighted by molar-refractivity contribution is 7.90. The largest absolute Gasteiger partial charge is 0.381 e. The van der Waals surface area contributed by atoms with E-state index in [-0.39, 0.29) is 10.9 Å². The minimum atomic E-state index is -3.37. The van der Waals surface area contributed by atoms with Gasteiger partial charge >= 0.3 is 0 Å². The van der Waals surface area contributed by atoms with Crippen LogP contribution in [0.4, 0.5) is 10.1 Å². The average molecular weight is 272 g/mol. The summed E-state index contributed by atoms with van der Waals surface area (Å²) in [7, 11) is -3.37. The standard InChI is InChI=1S/C12H17FN2O2S/c1-18(16,17)9-4-5-12(10(13)6-9)15-7-11(14)8-2-3-8/h4-6,8,11,15H,2-3,7,14H2,1H3. The Hall–Kier alpha value is -1.14. The van der Waals surface area contributed by atoms with Crippen molar-refractivity contribution in [3.63, 3.8) is 0 Å². The zero-order chi connectivity index (χ0) is 13.3. The number of sulfone groups is 1. The molecule has 0 aromatic heterocycles. The Morgan fingerprint density at radius 3 is 2.67 bits per heavy atom. The minimum absolute atomic E-state index is 0.0166. The Labute approximate surface area is 106 Å². The Morgan fingerprint density at radius 2 is 2.17 bits per heavy atom. The lowest BCUT2D eigenvalue weighted by atomic mass is 10.2. The monoisotopic (exact) mass is 272 g/mol. The van der Waals surface area contributed by atoms with Gasteiger partial charge in [0.1, 0.15) is 5.82 Å². The van der Waals surface area contributed by atoms with Crippen LogP contribution in [0.5, 0.6) is 0 Å². The van der Waals surface area contributed by atoms with Crippen LogP contribution in [0.15, 0.2) is 23.1 Å². The van der Waals surface area contributed by atoms with Crippen LogP contribution < -0.4 is 11.1 Å². The van der Waals surface area contributed by atoms with E-state index >= 15 is 0 Å². The topological polar surface area (TPSA) is 72.2 Å². The van der Waals surface area contributed by atoms with E-state index < -0.39 is 15.7 Å². The number of nitrogens with one attached hydrogen (secondary N) is 1. The molecule has 3 N–H and O–H groups in total. The molecule has 1 aromatic rings. The number of nitrogens with two attached hydrogens (primary N) is 1. The highest BCUT2D eigenvalue weighted by Crippen LogP contribution is 2.31. The molecule has 0 saturated heterocycles. The van der Waals surface area contributed by atoms with Gasteiger partial charge in [-0.1, -0.05) is 0 Å². The summed E-state index contributed by atoms with van der Waals surface area (Å²) in [6.45, 7) is 0.500. The molecule has 6 heteroatoms. The van der Waals surface area contributed by atoms with Crippen LogP contribution in [-0.2, 0) is 9.84 Å². The van der Waals surface area contributed by atoms with Gasteiger partial charge in [-0.05, 0) is 37.0 Å². The molecule has 1 aliphatic rings. The third-order valence-corrected chi connectivity index (χ3v) is 4.23. The van der Waals surface area contributed by atoms with Crippen LogP contribution in [0.3, 0.4) is 0 Å². The molecule has 2 rings (SSSR count). The second kappa shape index (κ2) is 4.85. The molecule has 4 nitrogen and oxygen atoms in total. The van der Waals surface area contributed by atoms with Crippen LogP contribution in [-0.4, -0.2) is 27.3 Å². The lowest BCUT2D eigenvalue weighted by Gasteiger charge is -2.13. The van der Waals surface area contributed by atoms with Crippen molar-refractivity contribution in [2.75, 3.05) is 18.1 Å².